The van der Waals surface area contributed by atoms with E-state index in [1.165, 1.54) is 32.1 Å². The SMILES string of the molecule is C[C@]1(CCC2CCCCC2)N=C(N)N(Cc2ccc(CN)cc2)C1=O. The van der Waals surface area contributed by atoms with Gasteiger partial charge in [-0.1, -0.05) is 56.4 Å². The van der Waals surface area contributed by atoms with Gasteiger partial charge in [0.15, 0.2) is 5.96 Å². The number of carbonyl (C=O) groups excluding carboxylic acids is 1. The van der Waals surface area contributed by atoms with E-state index < -0.39 is 5.54 Å². The third kappa shape index (κ3) is 4.03. The van der Waals surface area contributed by atoms with Crippen molar-refractivity contribution in [2.45, 2.75) is 70.5 Å². The Morgan fingerprint density at radius 1 is 1.16 bits per heavy atom. The molecule has 3 rings (SSSR count). The van der Waals surface area contributed by atoms with Crippen LogP contribution in [0, 0.1) is 5.92 Å². The summed E-state index contributed by atoms with van der Waals surface area (Å²) in [6, 6.07) is 7.98. The first-order chi connectivity index (χ1) is 12.0. The highest BCUT2D eigenvalue weighted by atomic mass is 16.2. The van der Waals surface area contributed by atoms with E-state index in [1.807, 2.05) is 31.2 Å². The molecule has 1 fully saturated rings. The standard InChI is InChI=1S/C20H30N4O/c1-20(12-11-15-5-3-2-4-6-15)18(25)24(19(22)23-20)14-17-9-7-16(13-21)8-10-17/h7-10,15H,2-6,11-14,21H2,1H3,(H2,22,23)/t20-/m1/s1. The number of guanidine groups is 1. The number of hydrogen-bond donors (Lipinski definition) is 2. The van der Waals surface area contributed by atoms with Crippen LogP contribution < -0.4 is 11.5 Å². The Balaban J connectivity index is 1.62. The van der Waals surface area contributed by atoms with Gasteiger partial charge in [0.25, 0.3) is 5.91 Å². The van der Waals surface area contributed by atoms with Gasteiger partial charge < -0.3 is 11.5 Å². The molecule has 4 N–H and O–H groups in total. The van der Waals surface area contributed by atoms with Crippen molar-refractivity contribution in [2.75, 3.05) is 0 Å². The Morgan fingerprint density at radius 3 is 2.44 bits per heavy atom. The molecule has 1 aliphatic heterocycles. The van der Waals surface area contributed by atoms with Gasteiger partial charge in [-0.15, -0.1) is 0 Å². The van der Waals surface area contributed by atoms with Gasteiger partial charge in [-0.3, -0.25) is 9.69 Å². The minimum Gasteiger partial charge on any atom is -0.369 e. The highest BCUT2D eigenvalue weighted by molar-refractivity contribution is 6.06. The molecule has 0 spiro atoms. The van der Waals surface area contributed by atoms with Crippen LogP contribution in [0.4, 0.5) is 0 Å². The van der Waals surface area contributed by atoms with Crippen LogP contribution in [0.25, 0.3) is 0 Å². The first-order valence-electron chi connectivity index (χ1n) is 9.47. The highest BCUT2D eigenvalue weighted by Gasteiger charge is 2.43. The predicted molar refractivity (Wildman–Crippen MR) is 101 cm³/mol. The molecule has 1 aromatic carbocycles. The fourth-order valence-electron chi connectivity index (χ4n) is 4.00. The maximum atomic E-state index is 12.9. The zero-order valence-corrected chi connectivity index (χ0v) is 15.2. The van der Waals surface area contributed by atoms with E-state index in [0.29, 0.717) is 19.0 Å². The minimum absolute atomic E-state index is 0.0312. The maximum Gasteiger partial charge on any atom is 0.257 e. The van der Waals surface area contributed by atoms with Crippen LogP contribution in [0.15, 0.2) is 29.3 Å². The summed E-state index contributed by atoms with van der Waals surface area (Å²) in [5, 5.41) is 0. The van der Waals surface area contributed by atoms with E-state index in [1.54, 1.807) is 4.90 Å². The van der Waals surface area contributed by atoms with Crippen molar-refractivity contribution in [3.63, 3.8) is 0 Å². The number of nitrogens with two attached hydrogens (primary N) is 2. The summed E-state index contributed by atoms with van der Waals surface area (Å²) in [6.07, 6.45) is 8.45. The first-order valence-corrected chi connectivity index (χ1v) is 9.47. The van der Waals surface area contributed by atoms with Gasteiger partial charge >= 0.3 is 0 Å². The molecule has 5 heteroatoms. The van der Waals surface area contributed by atoms with E-state index in [0.717, 1.165) is 29.9 Å². The summed E-state index contributed by atoms with van der Waals surface area (Å²) in [4.78, 5) is 19.1. The van der Waals surface area contributed by atoms with Crippen LogP contribution >= 0.6 is 0 Å². The minimum atomic E-state index is -0.696. The lowest BCUT2D eigenvalue weighted by molar-refractivity contribution is -0.131. The van der Waals surface area contributed by atoms with Crippen LogP contribution in [0.5, 0.6) is 0 Å². The Labute approximate surface area is 150 Å². The molecule has 0 unspecified atom stereocenters. The molecule has 1 aromatic rings. The first kappa shape index (κ1) is 17.9. The summed E-state index contributed by atoms with van der Waals surface area (Å²) in [5.74, 6) is 1.12. The second-order valence-corrected chi connectivity index (χ2v) is 7.70. The van der Waals surface area contributed by atoms with Crippen LogP contribution in [0.1, 0.15) is 63.0 Å². The molecule has 0 aromatic heterocycles. The summed E-state index contributed by atoms with van der Waals surface area (Å²) < 4.78 is 0. The van der Waals surface area contributed by atoms with Crippen LogP contribution in [-0.2, 0) is 17.9 Å². The molecule has 25 heavy (non-hydrogen) atoms. The van der Waals surface area contributed by atoms with Crippen molar-refractivity contribution < 1.29 is 4.79 Å². The van der Waals surface area contributed by atoms with Crippen molar-refractivity contribution in [2.24, 2.45) is 22.4 Å². The number of nitrogens with zero attached hydrogens (tertiary/aromatic N) is 2. The smallest absolute Gasteiger partial charge is 0.257 e. The number of rotatable bonds is 6. The Morgan fingerprint density at radius 2 is 1.80 bits per heavy atom. The van der Waals surface area contributed by atoms with Gasteiger partial charge in [0.2, 0.25) is 0 Å². The van der Waals surface area contributed by atoms with Gasteiger partial charge in [0.1, 0.15) is 5.54 Å². The normalized spacial score (nSPS) is 24.6. The van der Waals surface area contributed by atoms with Gasteiger partial charge in [-0.05, 0) is 36.8 Å². The molecule has 1 amide bonds. The third-order valence-electron chi connectivity index (χ3n) is 5.71. The van der Waals surface area contributed by atoms with E-state index in [-0.39, 0.29) is 5.91 Å². The summed E-state index contributed by atoms with van der Waals surface area (Å²) in [7, 11) is 0. The van der Waals surface area contributed by atoms with Crippen molar-refractivity contribution in [3.8, 4) is 0 Å². The zero-order chi connectivity index (χ0) is 17.9. The second kappa shape index (κ2) is 7.56. The molecular weight excluding hydrogens is 312 g/mol. The van der Waals surface area contributed by atoms with Crippen LogP contribution in [-0.4, -0.2) is 22.3 Å². The largest absolute Gasteiger partial charge is 0.369 e. The Bertz CT molecular complexity index is 634. The number of carbonyl (C=O) groups is 1. The van der Waals surface area contributed by atoms with Crippen LogP contribution in [0.2, 0.25) is 0 Å². The lowest BCUT2D eigenvalue weighted by atomic mass is 9.82. The molecule has 1 aliphatic carbocycles. The number of amides is 1. The number of hydrogen-bond acceptors (Lipinski definition) is 4. The molecule has 2 aliphatic rings. The Kier molecular flexibility index (Phi) is 5.42. The summed E-state index contributed by atoms with van der Waals surface area (Å²) in [5.41, 5.74) is 13.2. The molecular formula is C20H30N4O. The molecule has 0 radical (unpaired) electrons. The molecule has 1 atom stereocenters. The van der Waals surface area contributed by atoms with Gasteiger partial charge in [-0.2, -0.15) is 0 Å². The highest BCUT2D eigenvalue weighted by Crippen LogP contribution is 2.33. The van der Waals surface area contributed by atoms with E-state index in [9.17, 15) is 4.79 Å². The third-order valence-corrected chi connectivity index (χ3v) is 5.71. The quantitative estimate of drug-likeness (QED) is 0.833. The average molecular weight is 342 g/mol. The molecule has 136 valence electrons. The van der Waals surface area contributed by atoms with Gasteiger partial charge in [0.05, 0.1) is 6.54 Å². The zero-order valence-electron chi connectivity index (χ0n) is 15.2. The summed E-state index contributed by atoms with van der Waals surface area (Å²) >= 11 is 0. The van der Waals surface area contributed by atoms with Crippen molar-refractivity contribution >= 4 is 11.9 Å². The molecule has 0 saturated heterocycles. The van der Waals surface area contributed by atoms with E-state index in [2.05, 4.69) is 4.99 Å². The maximum absolute atomic E-state index is 12.9. The van der Waals surface area contributed by atoms with Crippen LogP contribution in [0.3, 0.4) is 0 Å². The predicted octanol–water partition coefficient (Wildman–Crippen LogP) is 2.92. The van der Waals surface area contributed by atoms with E-state index in [4.69, 9.17) is 11.5 Å². The monoisotopic (exact) mass is 342 g/mol. The fourth-order valence-corrected chi connectivity index (χ4v) is 4.00. The van der Waals surface area contributed by atoms with Crippen molar-refractivity contribution in [1.29, 1.82) is 0 Å². The topological polar surface area (TPSA) is 84.7 Å². The van der Waals surface area contributed by atoms with Crippen molar-refractivity contribution in [1.82, 2.24) is 4.90 Å². The van der Waals surface area contributed by atoms with Gasteiger partial charge in [0, 0.05) is 6.54 Å². The lowest BCUT2D eigenvalue weighted by Crippen LogP contribution is -2.42. The molecule has 0 bridgehead atoms. The summed E-state index contributed by atoms with van der Waals surface area (Å²) in [6.45, 7) is 2.92. The molecule has 1 saturated carbocycles. The van der Waals surface area contributed by atoms with E-state index >= 15 is 0 Å². The second-order valence-electron chi connectivity index (χ2n) is 7.70. The number of aliphatic imine (C=N–C) groups is 1. The average Bonchev–Trinajstić information content (AvgIpc) is 2.85. The van der Waals surface area contributed by atoms with Crippen molar-refractivity contribution in [3.05, 3.63) is 35.4 Å². The lowest BCUT2D eigenvalue weighted by Gasteiger charge is -2.26. The molecule has 5 nitrogen and oxygen atoms in total. The molecule has 1 heterocycles. The number of benzene rings is 1. The fraction of sp³-hybridized carbons (Fsp3) is 0.600. The van der Waals surface area contributed by atoms with Gasteiger partial charge in [-0.25, -0.2) is 4.99 Å². The Hall–Kier alpha value is -1.88.